The second-order valence-corrected chi connectivity index (χ2v) is 8.61. The predicted octanol–water partition coefficient (Wildman–Crippen LogP) is 3.48. The van der Waals surface area contributed by atoms with Crippen LogP contribution in [0.25, 0.3) is 0 Å². The van der Waals surface area contributed by atoms with Crippen molar-refractivity contribution < 1.29 is 14.3 Å². The molecular weight excluding hydrogens is 404 g/mol. The zero-order chi connectivity index (χ0) is 21.9. The summed E-state index contributed by atoms with van der Waals surface area (Å²) in [6.07, 6.45) is 2.35. The van der Waals surface area contributed by atoms with E-state index in [0.29, 0.717) is 43.9 Å². The molecule has 2 aliphatic rings. The highest BCUT2D eigenvalue weighted by molar-refractivity contribution is 5.37. The number of nitrogens with zero attached hydrogens (tertiary/aromatic N) is 2. The largest absolute Gasteiger partial charge is 0.507 e. The Morgan fingerprint density at radius 3 is 2.56 bits per heavy atom. The molecule has 3 aromatic rings. The number of ether oxygens (including phenoxy) is 1. The summed E-state index contributed by atoms with van der Waals surface area (Å²) in [4.78, 5) is 16.9. The molecule has 1 atom stereocenters. The summed E-state index contributed by atoms with van der Waals surface area (Å²) in [6, 6.07) is 18.6. The maximum Gasteiger partial charge on any atom is 0.343 e. The van der Waals surface area contributed by atoms with Gasteiger partial charge in [-0.1, -0.05) is 54.6 Å². The quantitative estimate of drug-likeness (QED) is 0.666. The van der Waals surface area contributed by atoms with Crippen LogP contribution in [0.3, 0.4) is 0 Å². The molecular formula is C26H28N2O4. The van der Waals surface area contributed by atoms with E-state index in [1.807, 2.05) is 18.2 Å². The van der Waals surface area contributed by atoms with Gasteiger partial charge in [0.05, 0.1) is 18.3 Å². The Morgan fingerprint density at radius 1 is 0.938 bits per heavy atom. The third-order valence-corrected chi connectivity index (χ3v) is 6.45. The molecule has 5 rings (SSSR count). The van der Waals surface area contributed by atoms with Gasteiger partial charge in [0.1, 0.15) is 12.0 Å². The van der Waals surface area contributed by atoms with Gasteiger partial charge in [-0.05, 0) is 23.1 Å². The standard InChI is InChI=1S/C26H28N2O4/c29-25-22(15-27-11-10-19-6-4-5-9-21(19)14-27)18-32-26(30)23(25)16-28-12-13-31-24(17-28)20-7-2-1-3-8-20/h1-9,18,24,29H,10-17H2/t24-/m1/s1. The minimum absolute atomic E-state index is 0.0456. The molecule has 0 radical (unpaired) electrons. The number of hydrogen-bond acceptors (Lipinski definition) is 6. The summed E-state index contributed by atoms with van der Waals surface area (Å²) in [6.45, 7) is 4.58. The van der Waals surface area contributed by atoms with E-state index in [1.54, 1.807) is 0 Å². The van der Waals surface area contributed by atoms with Gasteiger partial charge in [0.25, 0.3) is 0 Å². The molecule has 1 saturated heterocycles. The Labute approximate surface area is 187 Å². The summed E-state index contributed by atoms with van der Waals surface area (Å²) in [5, 5.41) is 11.0. The molecule has 2 aliphatic heterocycles. The number of benzene rings is 2. The van der Waals surface area contributed by atoms with Crippen molar-refractivity contribution in [3.8, 4) is 5.75 Å². The molecule has 0 saturated carbocycles. The van der Waals surface area contributed by atoms with E-state index in [0.717, 1.165) is 25.1 Å². The van der Waals surface area contributed by atoms with Gasteiger partial charge in [-0.2, -0.15) is 0 Å². The topological polar surface area (TPSA) is 66.2 Å². The van der Waals surface area contributed by atoms with Crippen molar-refractivity contribution in [3.63, 3.8) is 0 Å². The molecule has 1 aromatic heterocycles. The number of fused-ring (bicyclic) bond motifs is 1. The number of rotatable bonds is 5. The number of hydrogen-bond donors (Lipinski definition) is 1. The summed E-state index contributed by atoms with van der Waals surface area (Å²) in [5.74, 6) is 0.0582. The first-order valence-electron chi connectivity index (χ1n) is 11.2. The van der Waals surface area contributed by atoms with E-state index >= 15 is 0 Å². The summed E-state index contributed by atoms with van der Waals surface area (Å²) in [7, 11) is 0. The maximum absolute atomic E-state index is 12.5. The SMILES string of the molecule is O=c1occ(CN2CCc3ccccc3C2)c(O)c1CN1CCO[C@@H](c2ccccc2)C1. The van der Waals surface area contributed by atoms with Gasteiger partial charge in [-0.3, -0.25) is 9.80 Å². The molecule has 0 aliphatic carbocycles. The lowest BCUT2D eigenvalue weighted by molar-refractivity contribution is -0.0334. The van der Waals surface area contributed by atoms with E-state index < -0.39 is 5.63 Å². The van der Waals surface area contributed by atoms with Crippen molar-refractivity contribution in [2.24, 2.45) is 0 Å². The van der Waals surface area contributed by atoms with Gasteiger partial charge >= 0.3 is 5.63 Å². The van der Waals surface area contributed by atoms with Gasteiger partial charge in [-0.25, -0.2) is 4.79 Å². The molecule has 166 valence electrons. The molecule has 1 N–H and O–H groups in total. The van der Waals surface area contributed by atoms with Crippen molar-refractivity contribution in [3.05, 3.63) is 99.1 Å². The van der Waals surface area contributed by atoms with Crippen LogP contribution in [-0.2, 0) is 30.8 Å². The summed E-state index contributed by atoms with van der Waals surface area (Å²) < 4.78 is 11.3. The number of aromatic hydroxyl groups is 1. The van der Waals surface area contributed by atoms with Crippen LogP contribution in [0.15, 0.2) is 70.1 Å². The summed E-state index contributed by atoms with van der Waals surface area (Å²) in [5.41, 5.74) is 4.33. The normalized spacial score (nSPS) is 19.6. The van der Waals surface area contributed by atoms with Crippen LogP contribution in [0.5, 0.6) is 5.75 Å². The van der Waals surface area contributed by atoms with E-state index in [9.17, 15) is 9.90 Å². The van der Waals surface area contributed by atoms with Gasteiger partial charge in [0, 0.05) is 44.8 Å². The Kier molecular flexibility index (Phi) is 6.08. The Bertz CT molecular complexity index is 1130. The zero-order valence-corrected chi connectivity index (χ0v) is 18.1. The average Bonchev–Trinajstić information content (AvgIpc) is 2.84. The van der Waals surface area contributed by atoms with Crippen molar-refractivity contribution in [1.82, 2.24) is 9.80 Å². The van der Waals surface area contributed by atoms with Crippen molar-refractivity contribution in [2.75, 3.05) is 26.2 Å². The van der Waals surface area contributed by atoms with Gasteiger partial charge < -0.3 is 14.3 Å². The summed E-state index contributed by atoms with van der Waals surface area (Å²) >= 11 is 0. The first kappa shape index (κ1) is 20.9. The Balaban J connectivity index is 1.30. The second kappa shape index (κ2) is 9.28. The Morgan fingerprint density at radius 2 is 1.72 bits per heavy atom. The van der Waals surface area contributed by atoms with Crippen LogP contribution >= 0.6 is 0 Å². The highest BCUT2D eigenvalue weighted by Crippen LogP contribution is 2.28. The highest BCUT2D eigenvalue weighted by atomic mass is 16.5. The smallest absolute Gasteiger partial charge is 0.343 e. The number of morpholine rings is 1. The fraction of sp³-hybridized carbons (Fsp3) is 0.346. The van der Waals surface area contributed by atoms with Crippen LogP contribution in [-0.4, -0.2) is 41.1 Å². The molecule has 6 heteroatoms. The third-order valence-electron chi connectivity index (χ3n) is 6.45. The van der Waals surface area contributed by atoms with E-state index in [4.69, 9.17) is 9.15 Å². The maximum atomic E-state index is 12.5. The zero-order valence-electron chi connectivity index (χ0n) is 18.1. The lowest BCUT2D eigenvalue weighted by Crippen LogP contribution is -2.38. The lowest BCUT2D eigenvalue weighted by Gasteiger charge is -2.33. The van der Waals surface area contributed by atoms with Crippen LogP contribution in [0.2, 0.25) is 0 Å². The molecule has 6 nitrogen and oxygen atoms in total. The monoisotopic (exact) mass is 432 g/mol. The van der Waals surface area contributed by atoms with Crippen molar-refractivity contribution in [2.45, 2.75) is 32.2 Å². The Hall–Kier alpha value is -2.93. The minimum atomic E-state index is -0.474. The molecule has 32 heavy (non-hydrogen) atoms. The fourth-order valence-electron chi connectivity index (χ4n) is 4.66. The first-order chi connectivity index (χ1) is 15.7. The van der Waals surface area contributed by atoms with Crippen LogP contribution in [0.1, 0.15) is 33.9 Å². The fourth-order valence-corrected chi connectivity index (χ4v) is 4.66. The lowest BCUT2D eigenvalue weighted by atomic mass is 9.99. The minimum Gasteiger partial charge on any atom is -0.507 e. The predicted molar refractivity (Wildman–Crippen MR) is 121 cm³/mol. The van der Waals surface area contributed by atoms with Crippen LogP contribution in [0, 0.1) is 0 Å². The van der Waals surface area contributed by atoms with Crippen molar-refractivity contribution in [1.29, 1.82) is 0 Å². The molecule has 0 amide bonds. The van der Waals surface area contributed by atoms with E-state index in [2.05, 4.69) is 46.2 Å². The van der Waals surface area contributed by atoms with E-state index in [-0.39, 0.29) is 11.9 Å². The van der Waals surface area contributed by atoms with Crippen LogP contribution < -0.4 is 5.63 Å². The van der Waals surface area contributed by atoms with E-state index in [1.165, 1.54) is 17.4 Å². The molecule has 2 aromatic carbocycles. The third kappa shape index (κ3) is 4.48. The first-order valence-corrected chi connectivity index (χ1v) is 11.2. The molecule has 0 unspecified atom stereocenters. The molecule has 0 bridgehead atoms. The van der Waals surface area contributed by atoms with Crippen LogP contribution in [0.4, 0.5) is 0 Å². The van der Waals surface area contributed by atoms with Crippen molar-refractivity contribution >= 4 is 0 Å². The van der Waals surface area contributed by atoms with Gasteiger partial charge in [0.2, 0.25) is 0 Å². The molecule has 0 spiro atoms. The highest BCUT2D eigenvalue weighted by Gasteiger charge is 2.25. The van der Waals surface area contributed by atoms with Gasteiger partial charge in [0.15, 0.2) is 0 Å². The van der Waals surface area contributed by atoms with Gasteiger partial charge in [-0.15, -0.1) is 0 Å². The average molecular weight is 433 g/mol. The molecule has 1 fully saturated rings. The second-order valence-electron chi connectivity index (χ2n) is 8.61. The molecule has 3 heterocycles.